The molecule has 0 saturated heterocycles. The molecule has 7 heteroatoms. The summed E-state index contributed by atoms with van der Waals surface area (Å²) in [5.41, 5.74) is 1.46. The van der Waals surface area contributed by atoms with Gasteiger partial charge < -0.3 is 10.1 Å². The molecule has 1 aromatic carbocycles. The third-order valence-corrected chi connectivity index (χ3v) is 4.13. The van der Waals surface area contributed by atoms with Gasteiger partial charge in [0, 0.05) is 24.2 Å². The number of nitrogens with one attached hydrogen (secondary N) is 1. The second-order valence-electron chi connectivity index (χ2n) is 5.66. The summed E-state index contributed by atoms with van der Waals surface area (Å²) < 4.78 is 6.27. The molecule has 0 bridgehead atoms. The van der Waals surface area contributed by atoms with E-state index in [2.05, 4.69) is 15.2 Å². The van der Waals surface area contributed by atoms with Crippen LogP contribution in [0.2, 0.25) is 5.02 Å². The van der Waals surface area contributed by atoms with Crippen LogP contribution in [0.25, 0.3) is 0 Å². The number of carbonyl (C=O) groups excluding carboxylic acids is 2. The number of methoxy groups -OCH3 is 1. The topological polar surface area (TPSA) is 73.2 Å². The van der Waals surface area contributed by atoms with Crippen molar-refractivity contribution >= 4 is 23.5 Å². The molecule has 1 aromatic heterocycles. The number of rotatable bonds is 9. The van der Waals surface area contributed by atoms with E-state index in [1.54, 1.807) is 17.1 Å². The monoisotopic (exact) mass is 363 g/mol. The van der Waals surface area contributed by atoms with Crippen LogP contribution in [-0.2, 0) is 16.1 Å². The first-order chi connectivity index (χ1) is 12.1. The van der Waals surface area contributed by atoms with Crippen molar-refractivity contribution in [2.45, 2.75) is 32.2 Å². The van der Waals surface area contributed by atoms with Gasteiger partial charge in [-0.1, -0.05) is 36.2 Å². The first kappa shape index (κ1) is 19.0. The van der Waals surface area contributed by atoms with E-state index in [0.29, 0.717) is 30.1 Å². The summed E-state index contributed by atoms with van der Waals surface area (Å²) in [5, 5.41) is 7.74. The van der Waals surface area contributed by atoms with E-state index in [4.69, 9.17) is 11.6 Å². The fourth-order valence-electron chi connectivity index (χ4n) is 2.35. The van der Waals surface area contributed by atoms with Gasteiger partial charge in [0.15, 0.2) is 0 Å². The Morgan fingerprint density at radius 3 is 2.80 bits per heavy atom. The highest BCUT2D eigenvalue weighted by atomic mass is 35.5. The molecule has 6 nitrogen and oxygen atoms in total. The molecule has 2 aromatic rings. The molecule has 0 aliphatic rings. The first-order valence-corrected chi connectivity index (χ1v) is 8.59. The third-order valence-electron chi connectivity index (χ3n) is 3.76. The van der Waals surface area contributed by atoms with Crippen LogP contribution in [0.15, 0.2) is 36.7 Å². The Kier molecular flexibility index (Phi) is 7.47. The highest BCUT2D eigenvalue weighted by molar-refractivity contribution is 6.31. The SMILES string of the molecule is COC(=O)CCCCCNC(=O)c1cnn(Cc2ccccc2Cl)c1. The molecule has 0 aliphatic heterocycles. The van der Waals surface area contributed by atoms with Gasteiger partial charge in [-0.05, 0) is 24.5 Å². The average Bonchev–Trinajstić information content (AvgIpc) is 3.08. The van der Waals surface area contributed by atoms with Crippen LogP contribution >= 0.6 is 11.6 Å². The van der Waals surface area contributed by atoms with E-state index < -0.39 is 0 Å². The van der Waals surface area contributed by atoms with Crippen LogP contribution in [-0.4, -0.2) is 35.3 Å². The molecule has 1 heterocycles. The van der Waals surface area contributed by atoms with Gasteiger partial charge in [-0.2, -0.15) is 5.10 Å². The molecule has 2 rings (SSSR count). The summed E-state index contributed by atoms with van der Waals surface area (Å²) in [6, 6.07) is 7.55. The Bertz CT molecular complexity index is 715. The number of carbonyl (C=O) groups is 2. The van der Waals surface area contributed by atoms with Crippen LogP contribution in [0.4, 0.5) is 0 Å². The zero-order valence-electron chi connectivity index (χ0n) is 14.2. The molecule has 0 fully saturated rings. The largest absolute Gasteiger partial charge is 0.469 e. The Hall–Kier alpha value is -2.34. The Labute approximate surface area is 152 Å². The predicted molar refractivity (Wildman–Crippen MR) is 95.6 cm³/mol. The number of hydrogen-bond acceptors (Lipinski definition) is 4. The highest BCUT2D eigenvalue weighted by Gasteiger charge is 2.09. The minimum Gasteiger partial charge on any atom is -0.469 e. The van der Waals surface area contributed by atoms with Crippen molar-refractivity contribution < 1.29 is 14.3 Å². The second kappa shape index (κ2) is 9.84. The molecule has 0 saturated carbocycles. The zero-order valence-corrected chi connectivity index (χ0v) is 15.0. The molecule has 1 amide bonds. The molecule has 1 N–H and O–H groups in total. The minimum atomic E-state index is -0.199. The number of unbranched alkanes of at least 4 members (excludes halogenated alkanes) is 2. The lowest BCUT2D eigenvalue weighted by Gasteiger charge is -2.04. The lowest BCUT2D eigenvalue weighted by Crippen LogP contribution is -2.24. The third kappa shape index (κ3) is 6.23. The maximum atomic E-state index is 12.1. The first-order valence-electron chi connectivity index (χ1n) is 8.21. The van der Waals surface area contributed by atoms with Gasteiger partial charge >= 0.3 is 5.97 Å². The van der Waals surface area contributed by atoms with E-state index in [1.807, 2.05) is 24.3 Å². The van der Waals surface area contributed by atoms with E-state index in [9.17, 15) is 9.59 Å². The molecule has 0 unspecified atom stereocenters. The predicted octanol–water partition coefficient (Wildman–Crippen LogP) is 3.05. The summed E-state index contributed by atoms with van der Waals surface area (Å²) in [4.78, 5) is 23.1. The number of amides is 1. The number of hydrogen-bond donors (Lipinski definition) is 1. The van der Waals surface area contributed by atoms with Crippen molar-refractivity contribution in [2.75, 3.05) is 13.7 Å². The summed E-state index contributed by atoms with van der Waals surface area (Å²) in [6.45, 7) is 1.08. The molecule has 0 spiro atoms. The normalized spacial score (nSPS) is 10.5. The quantitative estimate of drug-likeness (QED) is 0.549. The van der Waals surface area contributed by atoms with E-state index in [-0.39, 0.29) is 11.9 Å². The van der Waals surface area contributed by atoms with E-state index in [1.165, 1.54) is 7.11 Å². The van der Waals surface area contributed by atoms with Crippen molar-refractivity contribution in [2.24, 2.45) is 0 Å². The van der Waals surface area contributed by atoms with Crippen molar-refractivity contribution in [3.05, 3.63) is 52.8 Å². The summed E-state index contributed by atoms with van der Waals surface area (Å²) in [6.07, 6.45) is 6.11. The molecule has 134 valence electrons. The van der Waals surface area contributed by atoms with Gasteiger partial charge in [0.25, 0.3) is 5.91 Å². The maximum Gasteiger partial charge on any atom is 0.305 e. The van der Waals surface area contributed by atoms with Gasteiger partial charge in [0.2, 0.25) is 0 Å². The summed E-state index contributed by atoms with van der Waals surface area (Å²) >= 11 is 6.13. The van der Waals surface area contributed by atoms with Crippen LogP contribution in [0.1, 0.15) is 41.6 Å². The molecule has 0 atom stereocenters. The highest BCUT2D eigenvalue weighted by Crippen LogP contribution is 2.16. The molecule has 0 aliphatic carbocycles. The number of halogens is 1. The number of esters is 1. The second-order valence-corrected chi connectivity index (χ2v) is 6.07. The minimum absolute atomic E-state index is 0.154. The van der Waals surface area contributed by atoms with E-state index in [0.717, 1.165) is 24.8 Å². The molecular weight excluding hydrogens is 342 g/mol. The Balaban J connectivity index is 1.73. The number of nitrogens with zero attached hydrogens (tertiary/aromatic N) is 2. The Morgan fingerprint density at radius 2 is 2.04 bits per heavy atom. The van der Waals surface area contributed by atoms with Gasteiger partial charge in [0.05, 0.1) is 25.4 Å². The van der Waals surface area contributed by atoms with Crippen molar-refractivity contribution in [1.29, 1.82) is 0 Å². The molecular formula is C18H22ClN3O3. The molecule has 25 heavy (non-hydrogen) atoms. The van der Waals surface area contributed by atoms with Gasteiger partial charge in [-0.25, -0.2) is 0 Å². The molecule has 0 radical (unpaired) electrons. The van der Waals surface area contributed by atoms with Crippen LogP contribution in [0.3, 0.4) is 0 Å². The van der Waals surface area contributed by atoms with Crippen LogP contribution in [0.5, 0.6) is 0 Å². The van der Waals surface area contributed by atoms with Gasteiger partial charge in [-0.15, -0.1) is 0 Å². The number of ether oxygens (including phenoxy) is 1. The Morgan fingerprint density at radius 1 is 1.24 bits per heavy atom. The fraction of sp³-hybridized carbons (Fsp3) is 0.389. The van der Waals surface area contributed by atoms with Crippen molar-refractivity contribution in [3.63, 3.8) is 0 Å². The lowest BCUT2D eigenvalue weighted by atomic mass is 10.2. The van der Waals surface area contributed by atoms with Crippen molar-refractivity contribution in [3.8, 4) is 0 Å². The smallest absolute Gasteiger partial charge is 0.305 e. The number of aromatic nitrogens is 2. The zero-order chi connectivity index (χ0) is 18.1. The maximum absolute atomic E-state index is 12.1. The van der Waals surface area contributed by atoms with Crippen molar-refractivity contribution in [1.82, 2.24) is 15.1 Å². The average molecular weight is 364 g/mol. The van der Waals surface area contributed by atoms with Crippen LogP contribution in [0, 0.1) is 0 Å². The summed E-state index contributed by atoms with van der Waals surface area (Å²) in [5.74, 6) is -0.353. The van der Waals surface area contributed by atoms with E-state index >= 15 is 0 Å². The standard InChI is InChI=1S/C18H22ClN3O3/c1-25-17(23)9-3-2-6-10-20-18(24)15-11-21-22(13-15)12-14-7-4-5-8-16(14)19/h4-5,7-8,11,13H,2-3,6,9-10,12H2,1H3,(H,20,24). The fourth-order valence-corrected chi connectivity index (χ4v) is 2.54. The van der Waals surface area contributed by atoms with Gasteiger partial charge in [0.1, 0.15) is 0 Å². The lowest BCUT2D eigenvalue weighted by molar-refractivity contribution is -0.140. The number of benzene rings is 1. The summed E-state index contributed by atoms with van der Waals surface area (Å²) in [7, 11) is 1.38. The van der Waals surface area contributed by atoms with Crippen LogP contribution < -0.4 is 5.32 Å². The van der Waals surface area contributed by atoms with Gasteiger partial charge in [-0.3, -0.25) is 14.3 Å².